The first-order valence-electron chi connectivity index (χ1n) is 5.87. The summed E-state index contributed by atoms with van der Waals surface area (Å²) in [6, 6.07) is 0. The number of halogens is 3. The van der Waals surface area contributed by atoms with Gasteiger partial charge in [-0.2, -0.15) is 18.2 Å². The molecule has 0 bridgehead atoms. The van der Waals surface area contributed by atoms with Gasteiger partial charge in [-0.3, -0.25) is 0 Å². The number of nitrogens with one attached hydrogen (secondary N) is 1. The van der Waals surface area contributed by atoms with Crippen molar-refractivity contribution in [3.05, 3.63) is 11.8 Å². The van der Waals surface area contributed by atoms with Crippen LogP contribution in [-0.2, 0) is 0 Å². The fraction of sp³-hybridized carbons (Fsp3) is 0.636. The highest BCUT2D eigenvalue weighted by molar-refractivity contribution is 5.49. The lowest BCUT2D eigenvalue weighted by Gasteiger charge is -2.25. The van der Waals surface area contributed by atoms with Gasteiger partial charge < -0.3 is 15.3 Å². The predicted octanol–water partition coefficient (Wildman–Crippen LogP) is 1.58. The fourth-order valence-electron chi connectivity index (χ4n) is 1.59. The van der Waals surface area contributed by atoms with E-state index < -0.39 is 12.7 Å². The summed E-state index contributed by atoms with van der Waals surface area (Å²) in [5, 5.41) is 11.7. The second kappa shape index (κ2) is 6.55. The molecule has 1 aromatic heterocycles. The monoisotopic (exact) mass is 278 g/mol. The number of aliphatic hydroxyl groups is 1. The maximum absolute atomic E-state index is 12.5. The second-order valence-electron chi connectivity index (χ2n) is 3.99. The minimum absolute atomic E-state index is 0.136. The summed E-state index contributed by atoms with van der Waals surface area (Å²) in [6.07, 6.45) is -2.90. The summed E-state index contributed by atoms with van der Waals surface area (Å²) in [7, 11) is 0. The summed E-state index contributed by atoms with van der Waals surface area (Å²) < 4.78 is 37.5. The quantitative estimate of drug-likeness (QED) is 0.827. The molecule has 1 heterocycles. The van der Waals surface area contributed by atoms with Crippen molar-refractivity contribution in [1.82, 2.24) is 9.97 Å². The van der Waals surface area contributed by atoms with E-state index in [9.17, 15) is 13.2 Å². The number of alkyl halides is 3. The van der Waals surface area contributed by atoms with Gasteiger partial charge in [0.1, 0.15) is 12.4 Å². The van der Waals surface area contributed by atoms with Crippen molar-refractivity contribution in [3.63, 3.8) is 0 Å². The van der Waals surface area contributed by atoms with E-state index >= 15 is 0 Å². The third-order valence-electron chi connectivity index (χ3n) is 2.32. The standard InChI is InChI=1S/C11H17F3N4O/c1-3-15-10-16-6-8(2)9(17-10)18(4-5-19)7-11(12,13)14/h6,19H,3-5,7H2,1-2H3,(H,15,16,17). The molecule has 0 spiro atoms. The molecule has 8 heteroatoms. The van der Waals surface area contributed by atoms with Crippen LogP contribution in [0.2, 0.25) is 0 Å². The second-order valence-corrected chi connectivity index (χ2v) is 3.99. The number of hydrogen-bond acceptors (Lipinski definition) is 5. The molecule has 2 N–H and O–H groups in total. The van der Waals surface area contributed by atoms with Gasteiger partial charge in [0, 0.05) is 24.8 Å². The Hall–Kier alpha value is -1.57. The highest BCUT2D eigenvalue weighted by atomic mass is 19.4. The summed E-state index contributed by atoms with van der Waals surface area (Å²) in [5.74, 6) is 0.450. The Labute approximate surface area is 109 Å². The lowest BCUT2D eigenvalue weighted by atomic mass is 10.3. The average molecular weight is 278 g/mol. The van der Waals surface area contributed by atoms with Crippen LogP contribution >= 0.6 is 0 Å². The molecule has 5 nitrogen and oxygen atoms in total. The molecule has 0 aromatic carbocycles. The third kappa shape index (κ3) is 4.90. The molecule has 108 valence electrons. The third-order valence-corrected chi connectivity index (χ3v) is 2.32. The molecule has 0 unspecified atom stereocenters. The molecule has 1 rings (SSSR count). The average Bonchev–Trinajstić information content (AvgIpc) is 2.30. The van der Waals surface area contributed by atoms with E-state index in [4.69, 9.17) is 5.11 Å². The van der Waals surface area contributed by atoms with Gasteiger partial charge in [0.2, 0.25) is 5.95 Å². The number of rotatable bonds is 6. The molecule has 0 amide bonds. The van der Waals surface area contributed by atoms with Crippen LogP contribution in [-0.4, -0.2) is 47.5 Å². The van der Waals surface area contributed by atoms with Gasteiger partial charge >= 0.3 is 6.18 Å². The molecule has 0 aliphatic heterocycles. The van der Waals surface area contributed by atoms with E-state index in [0.29, 0.717) is 12.1 Å². The van der Waals surface area contributed by atoms with Crippen molar-refractivity contribution >= 4 is 11.8 Å². The molecule has 0 atom stereocenters. The Morgan fingerprint density at radius 1 is 1.42 bits per heavy atom. The number of hydrogen-bond donors (Lipinski definition) is 2. The van der Waals surface area contributed by atoms with Crippen molar-refractivity contribution < 1.29 is 18.3 Å². The maximum Gasteiger partial charge on any atom is 0.405 e. The molecular formula is C11H17F3N4O. The molecule has 0 saturated heterocycles. The molecule has 0 fully saturated rings. The van der Waals surface area contributed by atoms with Gasteiger partial charge in [-0.05, 0) is 13.8 Å². The van der Waals surface area contributed by atoms with Gasteiger partial charge in [-0.1, -0.05) is 0 Å². The van der Waals surface area contributed by atoms with Crippen LogP contribution in [0.4, 0.5) is 24.9 Å². The van der Waals surface area contributed by atoms with Crippen molar-refractivity contribution in [1.29, 1.82) is 0 Å². The van der Waals surface area contributed by atoms with Crippen LogP contribution in [0.1, 0.15) is 12.5 Å². The van der Waals surface area contributed by atoms with E-state index in [1.165, 1.54) is 6.20 Å². The molecule has 1 aromatic rings. The molecular weight excluding hydrogens is 261 g/mol. The highest BCUT2D eigenvalue weighted by Gasteiger charge is 2.31. The summed E-state index contributed by atoms with van der Waals surface area (Å²) in [4.78, 5) is 9.03. The van der Waals surface area contributed by atoms with Gasteiger partial charge in [0.15, 0.2) is 0 Å². The Bertz CT molecular complexity index is 411. The summed E-state index contributed by atoms with van der Waals surface area (Å²) >= 11 is 0. The van der Waals surface area contributed by atoms with Crippen molar-refractivity contribution in [2.24, 2.45) is 0 Å². The van der Waals surface area contributed by atoms with Crippen molar-refractivity contribution in [2.45, 2.75) is 20.0 Å². The first kappa shape index (κ1) is 15.5. The lowest BCUT2D eigenvalue weighted by molar-refractivity contribution is -0.120. The zero-order valence-corrected chi connectivity index (χ0v) is 10.8. The van der Waals surface area contributed by atoms with Crippen LogP contribution in [0.3, 0.4) is 0 Å². The van der Waals surface area contributed by atoms with Crippen molar-refractivity contribution in [3.8, 4) is 0 Å². The van der Waals surface area contributed by atoms with Crippen LogP contribution in [0.15, 0.2) is 6.20 Å². The minimum atomic E-state index is -4.36. The Kier molecular flexibility index (Phi) is 5.34. The van der Waals surface area contributed by atoms with Gasteiger partial charge in [0.25, 0.3) is 0 Å². The number of aromatic nitrogens is 2. The highest BCUT2D eigenvalue weighted by Crippen LogP contribution is 2.23. The lowest BCUT2D eigenvalue weighted by Crippen LogP contribution is -2.37. The zero-order chi connectivity index (χ0) is 14.5. The Morgan fingerprint density at radius 2 is 2.11 bits per heavy atom. The number of nitrogens with zero attached hydrogens (tertiary/aromatic N) is 3. The van der Waals surface area contributed by atoms with Crippen LogP contribution in [0.25, 0.3) is 0 Å². The number of aliphatic hydroxyl groups excluding tert-OH is 1. The number of anilines is 2. The molecule has 0 saturated carbocycles. The van der Waals surface area contributed by atoms with Gasteiger partial charge in [-0.25, -0.2) is 4.98 Å². The van der Waals surface area contributed by atoms with E-state index in [1.54, 1.807) is 6.92 Å². The first-order valence-corrected chi connectivity index (χ1v) is 5.87. The normalized spacial score (nSPS) is 11.5. The topological polar surface area (TPSA) is 61.3 Å². The van der Waals surface area contributed by atoms with E-state index in [2.05, 4.69) is 15.3 Å². The molecule has 0 aliphatic carbocycles. The molecule has 19 heavy (non-hydrogen) atoms. The number of aryl methyl sites for hydroxylation is 1. The smallest absolute Gasteiger partial charge is 0.395 e. The molecule has 0 radical (unpaired) electrons. The predicted molar refractivity (Wildman–Crippen MR) is 66.3 cm³/mol. The zero-order valence-electron chi connectivity index (χ0n) is 10.8. The fourth-order valence-corrected chi connectivity index (χ4v) is 1.59. The van der Waals surface area contributed by atoms with E-state index in [0.717, 1.165) is 4.90 Å². The van der Waals surface area contributed by atoms with Crippen LogP contribution in [0, 0.1) is 6.92 Å². The largest absolute Gasteiger partial charge is 0.405 e. The van der Waals surface area contributed by atoms with Gasteiger partial charge in [0.05, 0.1) is 6.61 Å². The minimum Gasteiger partial charge on any atom is -0.395 e. The first-order chi connectivity index (χ1) is 8.87. The van der Waals surface area contributed by atoms with Crippen LogP contribution < -0.4 is 10.2 Å². The van der Waals surface area contributed by atoms with E-state index in [-0.39, 0.29) is 24.9 Å². The Balaban J connectivity index is 3.03. The SMILES string of the molecule is CCNc1ncc(C)c(N(CCO)CC(F)(F)F)n1. The Morgan fingerprint density at radius 3 is 2.63 bits per heavy atom. The summed E-state index contributed by atoms with van der Waals surface area (Å²) in [6.45, 7) is 2.37. The van der Waals surface area contributed by atoms with Gasteiger partial charge in [-0.15, -0.1) is 0 Å². The van der Waals surface area contributed by atoms with E-state index in [1.807, 2.05) is 6.92 Å². The summed E-state index contributed by atoms with van der Waals surface area (Å²) in [5.41, 5.74) is 0.527. The maximum atomic E-state index is 12.5. The van der Waals surface area contributed by atoms with Crippen molar-refractivity contribution in [2.75, 3.05) is 36.5 Å². The molecule has 0 aliphatic rings. The van der Waals surface area contributed by atoms with Crippen LogP contribution in [0.5, 0.6) is 0 Å².